The number of anilines is 1. The first-order valence-electron chi connectivity index (χ1n) is 6.46. The summed E-state index contributed by atoms with van der Waals surface area (Å²) in [6.07, 6.45) is 8.31. The van der Waals surface area contributed by atoms with Gasteiger partial charge in [-0.05, 0) is 0 Å². The molecule has 4 heteroatoms. The van der Waals surface area contributed by atoms with Gasteiger partial charge in [-0.25, -0.2) is 0 Å². The summed E-state index contributed by atoms with van der Waals surface area (Å²) in [5.74, 6) is 7.89. The minimum atomic E-state index is -0.513. The summed E-state index contributed by atoms with van der Waals surface area (Å²) in [6.45, 7) is 0. The molecular formula is C18H9N2O2-. The van der Waals surface area contributed by atoms with Gasteiger partial charge in [0.1, 0.15) is 0 Å². The molecule has 1 heterocycles. The van der Waals surface area contributed by atoms with Gasteiger partial charge in [-0.2, -0.15) is 0 Å². The van der Waals surface area contributed by atoms with Crippen LogP contribution < -0.4 is 10.1 Å². The van der Waals surface area contributed by atoms with Gasteiger partial charge in [0.15, 0.2) is 0 Å². The molecule has 0 N–H and O–H groups in total. The van der Waals surface area contributed by atoms with Crippen molar-refractivity contribution in [2.75, 3.05) is 5.01 Å². The van der Waals surface area contributed by atoms with Crippen LogP contribution in [0.2, 0.25) is 0 Å². The summed E-state index contributed by atoms with van der Waals surface area (Å²) < 4.78 is 0. The molecule has 0 unspecified atom stereocenters. The second kappa shape index (κ2) is 6.11. The average molecular weight is 285 g/mol. The van der Waals surface area contributed by atoms with Gasteiger partial charge in [-0.1, -0.05) is 0 Å². The Morgan fingerprint density at radius 2 is 1.73 bits per heavy atom. The Morgan fingerprint density at radius 3 is 2.41 bits per heavy atom. The molecule has 0 atom stereocenters. The Hall–Kier alpha value is -3.12. The van der Waals surface area contributed by atoms with Crippen molar-refractivity contribution >= 4 is 5.69 Å². The second-order valence-electron chi connectivity index (χ2n) is 4.44. The maximum absolute atomic E-state index is 11.1. The van der Waals surface area contributed by atoms with E-state index in [4.69, 9.17) is 6.42 Å². The molecule has 0 amide bonds. The monoisotopic (exact) mass is 285 g/mol. The molecule has 0 bridgehead atoms. The van der Waals surface area contributed by atoms with E-state index in [0.29, 0.717) is 11.3 Å². The van der Waals surface area contributed by atoms with E-state index in [9.17, 15) is 5.11 Å². The van der Waals surface area contributed by atoms with E-state index >= 15 is 0 Å². The molecule has 0 saturated carbocycles. The summed E-state index contributed by atoms with van der Waals surface area (Å²) >= 11 is 0. The zero-order chi connectivity index (χ0) is 15.4. The van der Waals surface area contributed by atoms with Crippen molar-refractivity contribution < 1.29 is 9.94 Å². The molecule has 1 aliphatic rings. The van der Waals surface area contributed by atoms with Crippen molar-refractivity contribution in [3.8, 4) is 17.8 Å². The molecule has 0 radical (unpaired) electrons. The van der Waals surface area contributed by atoms with E-state index in [-0.39, 0.29) is 0 Å². The average Bonchev–Trinajstić information content (AvgIpc) is 3.00. The van der Waals surface area contributed by atoms with Crippen molar-refractivity contribution in [3.05, 3.63) is 89.4 Å². The molecule has 0 saturated heterocycles. The van der Waals surface area contributed by atoms with Crippen LogP contribution in [-0.4, -0.2) is 0 Å². The van der Waals surface area contributed by atoms with Crippen LogP contribution in [0.3, 0.4) is 0 Å². The number of rotatable bonds is 1. The summed E-state index contributed by atoms with van der Waals surface area (Å²) in [5, 5.41) is 12.5. The number of hydrogen-bond acceptors (Lipinski definition) is 3. The molecule has 0 aromatic heterocycles. The minimum absolute atomic E-state index is 0.513. The molecule has 4 nitrogen and oxygen atoms in total. The predicted octanol–water partition coefficient (Wildman–Crippen LogP) is 2.22. The van der Waals surface area contributed by atoms with Gasteiger partial charge in [0.25, 0.3) is 0 Å². The molecule has 104 valence electrons. The standard InChI is InChI=1S/C18H10N2O2/c1-2-14-7-9-15(10-8-14)11-12-16-5-3-4-6-17(16)20-13-18(21)22-19-20/h3-10,13,21H/p-1. The topological polar surface area (TPSA) is 49.6 Å². The summed E-state index contributed by atoms with van der Waals surface area (Å²) in [4.78, 5) is 4.55. The zero-order valence-electron chi connectivity index (χ0n) is 11.4. The van der Waals surface area contributed by atoms with Crippen molar-refractivity contribution in [3.63, 3.8) is 0 Å². The zero-order valence-corrected chi connectivity index (χ0v) is 11.4. The molecule has 2 aromatic rings. The Morgan fingerprint density at radius 1 is 1.00 bits per heavy atom. The quantitative estimate of drug-likeness (QED) is 0.596. The first-order chi connectivity index (χ1) is 10.8. The van der Waals surface area contributed by atoms with Crippen molar-refractivity contribution in [2.24, 2.45) is 0 Å². The first kappa shape index (κ1) is 13.8. The van der Waals surface area contributed by atoms with Gasteiger partial charge >= 0.3 is 123 Å². The number of para-hydroxylation sites is 1. The Bertz CT molecular complexity index is 821. The van der Waals surface area contributed by atoms with E-state index in [1.165, 1.54) is 11.2 Å². The Kier molecular flexibility index (Phi) is 3.84. The van der Waals surface area contributed by atoms with Crippen molar-refractivity contribution in [1.29, 1.82) is 0 Å². The summed E-state index contributed by atoms with van der Waals surface area (Å²) in [5.41, 5.74) is 6.58. The molecule has 1 aliphatic heterocycles. The van der Waals surface area contributed by atoms with E-state index < -0.39 is 5.95 Å². The third-order valence-corrected chi connectivity index (χ3v) is 2.97. The van der Waals surface area contributed by atoms with Crippen LogP contribution in [-0.2, 0) is 4.84 Å². The maximum atomic E-state index is 11.1. The fraction of sp³-hybridized carbons (Fsp3) is 0. The number of nitrogens with zero attached hydrogens (tertiary/aromatic N) is 2. The van der Waals surface area contributed by atoms with E-state index in [1.807, 2.05) is 30.3 Å². The third-order valence-electron chi connectivity index (χ3n) is 2.97. The Labute approximate surface area is 128 Å². The van der Waals surface area contributed by atoms with Crippen LogP contribution in [0.1, 0.15) is 16.7 Å². The fourth-order valence-electron chi connectivity index (χ4n) is 1.90. The van der Waals surface area contributed by atoms with Gasteiger partial charge < -0.3 is 5.11 Å². The SMILES string of the molecule is [C+]#Cc1ccc(C#Cc2ccccc2N2C=C([O-])O[N-]2)cc1. The van der Waals surface area contributed by atoms with Crippen LogP contribution in [0.25, 0.3) is 5.59 Å². The van der Waals surface area contributed by atoms with Crippen molar-refractivity contribution in [1.82, 2.24) is 0 Å². The van der Waals surface area contributed by atoms with Crippen LogP contribution in [0.5, 0.6) is 0 Å². The van der Waals surface area contributed by atoms with Gasteiger partial charge in [-0.3, -0.25) is 0 Å². The van der Waals surface area contributed by atoms with Crippen LogP contribution in [0, 0.1) is 24.2 Å². The van der Waals surface area contributed by atoms with Crippen LogP contribution in [0.15, 0.2) is 60.7 Å². The van der Waals surface area contributed by atoms with E-state index in [0.717, 1.165) is 11.1 Å². The van der Waals surface area contributed by atoms with E-state index in [2.05, 4.69) is 28.2 Å². The molecule has 0 spiro atoms. The van der Waals surface area contributed by atoms with Gasteiger partial charge in [0, 0.05) is 0 Å². The summed E-state index contributed by atoms with van der Waals surface area (Å²) in [7, 11) is 0. The van der Waals surface area contributed by atoms with E-state index in [1.54, 1.807) is 18.2 Å². The first-order valence-corrected chi connectivity index (χ1v) is 6.46. The molecule has 22 heavy (non-hydrogen) atoms. The van der Waals surface area contributed by atoms with Crippen molar-refractivity contribution in [2.45, 2.75) is 0 Å². The molecule has 0 fully saturated rings. The molecular weight excluding hydrogens is 276 g/mol. The molecule has 0 aliphatic carbocycles. The molecule has 2 aromatic carbocycles. The van der Waals surface area contributed by atoms with Gasteiger partial charge in [0.05, 0.1) is 0 Å². The van der Waals surface area contributed by atoms with Gasteiger partial charge in [-0.15, -0.1) is 0 Å². The fourth-order valence-corrected chi connectivity index (χ4v) is 1.90. The normalized spacial score (nSPS) is 12.8. The third kappa shape index (κ3) is 2.97. The number of hydrogen-bond donors (Lipinski definition) is 0. The number of benzene rings is 2. The van der Waals surface area contributed by atoms with Crippen LogP contribution >= 0.6 is 0 Å². The summed E-state index contributed by atoms with van der Waals surface area (Å²) in [6, 6.07) is 14.5. The Balaban J connectivity index is 1.90. The van der Waals surface area contributed by atoms with Gasteiger partial charge in [0.2, 0.25) is 0 Å². The molecule has 3 rings (SSSR count). The van der Waals surface area contributed by atoms with Crippen LogP contribution in [0.4, 0.5) is 5.69 Å². The predicted molar refractivity (Wildman–Crippen MR) is 80.1 cm³/mol. The second-order valence-corrected chi connectivity index (χ2v) is 4.44.